The summed E-state index contributed by atoms with van der Waals surface area (Å²) in [7, 11) is 0. The minimum atomic E-state index is -1.37. The standard InChI is InChI=1S/C11H9NO5S/c13-7-3-1-6(2-4-7)12-10(16)8(5-9(14)15)18-11(12)17/h1-4,8,13H,5H2,(H,14,15)/p-1/t8-/m0/s1. The average molecular weight is 266 g/mol. The van der Waals surface area contributed by atoms with Crippen LogP contribution in [0.25, 0.3) is 0 Å². The highest BCUT2D eigenvalue weighted by atomic mass is 32.2. The molecule has 1 heterocycles. The summed E-state index contributed by atoms with van der Waals surface area (Å²) in [6, 6.07) is 5.50. The molecule has 18 heavy (non-hydrogen) atoms. The van der Waals surface area contributed by atoms with Crippen molar-refractivity contribution in [2.45, 2.75) is 11.7 Å². The van der Waals surface area contributed by atoms with Crippen LogP contribution in [0.3, 0.4) is 0 Å². The smallest absolute Gasteiger partial charge is 0.293 e. The molecule has 1 saturated heterocycles. The second kappa shape index (κ2) is 4.69. The van der Waals surface area contributed by atoms with Gasteiger partial charge < -0.3 is 15.0 Å². The van der Waals surface area contributed by atoms with E-state index in [2.05, 4.69) is 0 Å². The maximum atomic E-state index is 11.9. The van der Waals surface area contributed by atoms with E-state index >= 15 is 0 Å². The lowest BCUT2D eigenvalue weighted by atomic mass is 10.2. The van der Waals surface area contributed by atoms with Crippen molar-refractivity contribution in [1.29, 1.82) is 0 Å². The highest BCUT2D eigenvalue weighted by molar-refractivity contribution is 8.15. The summed E-state index contributed by atoms with van der Waals surface area (Å²) in [5.74, 6) is -1.95. The van der Waals surface area contributed by atoms with E-state index in [-0.39, 0.29) is 5.75 Å². The average Bonchev–Trinajstić information content (AvgIpc) is 2.55. The molecule has 0 bridgehead atoms. The predicted molar refractivity (Wildman–Crippen MR) is 62.0 cm³/mol. The predicted octanol–water partition coefficient (Wildman–Crippen LogP) is 0.101. The molecule has 0 aromatic heterocycles. The zero-order valence-electron chi connectivity index (χ0n) is 9.03. The fourth-order valence-corrected chi connectivity index (χ4v) is 2.54. The van der Waals surface area contributed by atoms with Gasteiger partial charge in [0.15, 0.2) is 0 Å². The Bertz CT molecular complexity index is 513. The highest BCUT2D eigenvalue weighted by Gasteiger charge is 2.40. The molecule has 0 spiro atoms. The molecule has 0 radical (unpaired) electrons. The van der Waals surface area contributed by atoms with Gasteiger partial charge in [-0.25, -0.2) is 4.90 Å². The van der Waals surface area contributed by atoms with Gasteiger partial charge in [0.1, 0.15) is 5.75 Å². The van der Waals surface area contributed by atoms with E-state index in [9.17, 15) is 19.5 Å². The molecule has 1 fully saturated rings. The number of thioether (sulfide) groups is 1. The monoisotopic (exact) mass is 266 g/mol. The Morgan fingerprint density at radius 2 is 1.94 bits per heavy atom. The number of amides is 2. The van der Waals surface area contributed by atoms with Gasteiger partial charge in [-0.3, -0.25) is 9.59 Å². The Morgan fingerprint density at radius 1 is 1.33 bits per heavy atom. The van der Waals surface area contributed by atoms with Crippen LogP contribution in [0.1, 0.15) is 6.42 Å². The molecule has 6 nitrogen and oxygen atoms in total. The minimum Gasteiger partial charge on any atom is -0.550 e. The Morgan fingerprint density at radius 3 is 2.50 bits per heavy atom. The van der Waals surface area contributed by atoms with Crippen molar-refractivity contribution in [2.75, 3.05) is 4.90 Å². The fraction of sp³-hybridized carbons (Fsp3) is 0.182. The molecular formula is C11H8NO5S-. The summed E-state index contributed by atoms with van der Waals surface area (Å²) in [4.78, 5) is 34.9. The van der Waals surface area contributed by atoms with Crippen LogP contribution in [0.5, 0.6) is 5.75 Å². The third-order valence-corrected chi connectivity index (χ3v) is 3.42. The summed E-state index contributed by atoms with van der Waals surface area (Å²) >= 11 is 0.663. The van der Waals surface area contributed by atoms with Crippen molar-refractivity contribution >= 4 is 34.6 Å². The van der Waals surface area contributed by atoms with Crippen molar-refractivity contribution in [3.63, 3.8) is 0 Å². The van der Waals surface area contributed by atoms with Crippen LogP contribution in [-0.4, -0.2) is 27.5 Å². The van der Waals surface area contributed by atoms with Crippen LogP contribution in [0.15, 0.2) is 24.3 Å². The van der Waals surface area contributed by atoms with Crippen LogP contribution in [0.4, 0.5) is 10.5 Å². The molecule has 2 amide bonds. The van der Waals surface area contributed by atoms with Crippen LogP contribution in [-0.2, 0) is 9.59 Å². The number of phenols is 1. The van der Waals surface area contributed by atoms with E-state index < -0.39 is 28.8 Å². The second-order valence-electron chi connectivity index (χ2n) is 3.64. The van der Waals surface area contributed by atoms with Crippen molar-refractivity contribution in [2.24, 2.45) is 0 Å². The topological polar surface area (TPSA) is 97.7 Å². The molecule has 7 heteroatoms. The van der Waals surface area contributed by atoms with Crippen molar-refractivity contribution in [3.05, 3.63) is 24.3 Å². The van der Waals surface area contributed by atoms with Crippen molar-refractivity contribution in [1.82, 2.24) is 0 Å². The maximum absolute atomic E-state index is 11.9. The zero-order chi connectivity index (χ0) is 13.3. The Balaban J connectivity index is 2.24. The number of aliphatic carboxylic acids is 1. The van der Waals surface area contributed by atoms with Gasteiger partial charge in [-0.1, -0.05) is 11.8 Å². The second-order valence-corrected chi connectivity index (χ2v) is 4.79. The Hall–Kier alpha value is -2.02. The lowest BCUT2D eigenvalue weighted by Gasteiger charge is -2.13. The van der Waals surface area contributed by atoms with E-state index in [1.54, 1.807) is 0 Å². The van der Waals surface area contributed by atoms with Crippen molar-refractivity contribution < 1.29 is 24.6 Å². The van der Waals surface area contributed by atoms with Crippen LogP contribution >= 0.6 is 11.8 Å². The van der Waals surface area contributed by atoms with Gasteiger partial charge in [-0.05, 0) is 24.3 Å². The first kappa shape index (κ1) is 12.4. The normalized spacial score (nSPS) is 19.3. The van der Waals surface area contributed by atoms with Gasteiger partial charge in [-0.2, -0.15) is 0 Å². The Kier molecular flexibility index (Phi) is 3.24. The van der Waals surface area contributed by atoms with Gasteiger partial charge in [-0.15, -0.1) is 0 Å². The number of phenolic OH excluding ortho intramolecular Hbond substituents is 1. The largest absolute Gasteiger partial charge is 0.550 e. The summed E-state index contributed by atoms with van der Waals surface area (Å²) in [5, 5.41) is 18.1. The van der Waals surface area contributed by atoms with Gasteiger partial charge in [0.05, 0.1) is 10.9 Å². The van der Waals surface area contributed by atoms with Gasteiger partial charge in [0.2, 0.25) is 5.91 Å². The third kappa shape index (κ3) is 2.30. The Labute approximate surface area is 106 Å². The van der Waals surface area contributed by atoms with E-state index in [4.69, 9.17) is 5.11 Å². The summed E-state index contributed by atoms with van der Waals surface area (Å²) in [5.41, 5.74) is 0.302. The lowest BCUT2D eigenvalue weighted by molar-refractivity contribution is -0.305. The van der Waals surface area contributed by atoms with E-state index in [0.29, 0.717) is 17.4 Å². The zero-order valence-corrected chi connectivity index (χ0v) is 9.85. The van der Waals surface area contributed by atoms with Crippen LogP contribution < -0.4 is 10.0 Å². The number of hydrogen-bond acceptors (Lipinski definition) is 6. The molecule has 0 saturated carbocycles. The molecule has 1 aliphatic heterocycles. The quantitative estimate of drug-likeness (QED) is 0.833. The maximum Gasteiger partial charge on any atom is 0.293 e. The lowest BCUT2D eigenvalue weighted by Crippen LogP contribution is -2.34. The number of carboxylic acids is 1. The van der Waals surface area contributed by atoms with Gasteiger partial charge in [0.25, 0.3) is 5.24 Å². The molecule has 94 valence electrons. The third-order valence-electron chi connectivity index (χ3n) is 2.38. The molecule has 1 aromatic carbocycles. The number of benzene rings is 1. The molecule has 1 aliphatic rings. The van der Waals surface area contributed by atoms with E-state index in [1.807, 2.05) is 0 Å². The van der Waals surface area contributed by atoms with Crippen molar-refractivity contribution in [3.8, 4) is 5.75 Å². The molecule has 0 aliphatic carbocycles. The van der Waals surface area contributed by atoms with E-state index in [1.165, 1.54) is 24.3 Å². The number of rotatable bonds is 3. The highest BCUT2D eigenvalue weighted by Crippen LogP contribution is 2.33. The number of nitrogens with zero attached hydrogens (tertiary/aromatic N) is 1. The molecular weight excluding hydrogens is 258 g/mol. The number of anilines is 1. The number of carbonyl (C=O) groups excluding carboxylic acids is 3. The number of aromatic hydroxyl groups is 1. The number of hydrogen-bond donors (Lipinski definition) is 1. The SMILES string of the molecule is O=C([O-])C[C@@H]1SC(=O)N(c2ccc(O)cc2)C1=O. The number of carboxylic acid groups (broad SMARTS) is 1. The van der Waals surface area contributed by atoms with Gasteiger partial charge >= 0.3 is 0 Å². The van der Waals surface area contributed by atoms with Crippen LogP contribution in [0, 0.1) is 0 Å². The molecule has 1 N–H and O–H groups in total. The molecule has 2 rings (SSSR count). The first-order valence-electron chi connectivity index (χ1n) is 5.02. The first-order chi connectivity index (χ1) is 8.49. The number of carbonyl (C=O) groups is 3. The van der Waals surface area contributed by atoms with Gasteiger partial charge in [0, 0.05) is 12.4 Å². The number of imide groups is 1. The first-order valence-corrected chi connectivity index (χ1v) is 5.90. The molecule has 1 aromatic rings. The van der Waals surface area contributed by atoms with Crippen LogP contribution in [0.2, 0.25) is 0 Å². The fourth-order valence-electron chi connectivity index (χ4n) is 1.57. The summed E-state index contributed by atoms with van der Waals surface area (Å²) in [6.45, 7) is 0. The summed E-state index contributed by atoms with van der Waals surface area (Å²) < 4.78 is 0. The summed E-state index contributed by atoms with van der Waals surface area (Å²) in [6.07, 6.45) is -0.496. The molecule has 0 unspecified atom stereocenters. The van der Waals surface area contributed by atoms with E-state index in [0.717, 1.165) is 4.90 Å². The minimum absolute atomic E-state index is 0.0109. The molecule has 1 atom stereocenters.